The first kappa shape index (κ1) is 16.3. The Morgan fingerprint density at radius 3 is 2.29 bits per heavy atom. The first-order chi connectivity index (χ1) is 11.8. The Bertz CT molecular complexity index is 525. The molecule has 0 aliphatic carbocycles. The van der Waals surface area contributed by atoms with Gasteiger partial charge >= 0.3 is 0 Å². The molecule has 3 fully saturated rings. The van der Waals surface area contributed by atoms with Gasteiger partial charge in [0.1, 0.15) is 0 Å². The highest BCUT2D eigenvalue weighted by Crippen LogP contribution is 2.34. The molecule has 3 aliphatic heterocycles. The van der Waals surface area contributed by atoms with Crippen LogP contribution in [0.5, 0.6) is 0 Å². The number of nitrogens with zero attached hydrogens (tertiary/aromatic N) is 4. The topological polar surface area (TPSA) is 44.3 Å². The van der Waals surface area contributed by atoms with Crippen molar-refractivity contribution in [2.45, 2.75) is 70.0 Å². The van der Waals surface area contributed by atoms with Crippen molar-refractivity contribution in [1.82, 2.24) is 20.2 Å². The van der Waals surface area contributed by atoms with Gasteiger partial charge < -0.3 is 10.2 Å². The number of piperidine rings is 1. The zero-order chi connectivity index (χ0) is 16.5. The zero-order valence-corrected chi connectivity index (χ0v) is 15.1. The lowest BCUT2D eigenvalue weighted by molar-refractivity contribution is 0.162. The van der Waals surface area contributed by atoms with Gasteiger partial charge in [-0.1, -0.05) is 6.92 Å². The van der Waals surface area contributed by atoms with Gasteiger partial charge in [-0.05, 0) is 63.6 Å². The van der Waals surface area contributed by atoms with Gasteiger partial charge in [0, 0.05) is 43.6 Å². The lowest BCUT2D eigenvalue weighted by Crippen LogP contribution is -2.56. The summed E-state index contributed by atoms with van der Waals surface area (Å²) in [5.74, 6) is 1.60. The van der Waals surface area contributed by atoms with Crippen LogP contribution in [-0.4, -0.2) is 59.2 Å². The summed E-state index contributed by atoms with van der Waals surface area (Å²) in [5.41, 5.74) is 1.32. The monoisotopic (exact) mass is 329 g/mol. The molecule has 0 saturated carbocycles. The maximum absolute atomic E-state index is 4.78. The lowest BCUT2D eigenvalue weighted by atomic mass is 9.92. The normalized spacial score (nSPS) is 29.8. The van der Waals surface area contributed by atoms with Crippen molar-refractivity contribution < 1.29 is 0 Å². The molecule has 0 spiro atoms. The number of anilines is 1. The number of hydrogen-bond acceptors (Lipinski definition) is 5. The molecule has 0 aromatic carbocycles. The van der Waals surface area contributed by atoms with Gasteiger partial charge in [-0.2, -0.15) is 0 Å². The molecule has 1 N–H and O–H groups in total. The molecular formula is C19H31N5. The van der Waals surface area contributed by atoms with Crippen molar-refractivity contribution in [3.05, 3.63) is 18.0 Å². The minimum atomic E-state index is 0.600. The molecule has 3 saturated heterocycles. The van der Waals surface area contributed by atoms with E-state index in [-0.39, 0.29) is 0 Å². The van der Waals surface area contributed by atoms with Crippen LogP contribution in [0.2, 0.25) is 0 Å². The van der Waals surface area contributed by atoms with Gasteiger partial charge in [-0.15, -0.1) is 0 Å². The van der Waals surface area contributed by atoms with E-state index < -0.39 is 0 Å². The molecule has 4 heterocycles. The Morgan fingerprint density at radius 1 is 1.08 bits per heavy atom. The summed E-state index contributed by atoms with van der Waals surface area (Å²) in [6.45, 7) is 9.24. The molecule has 1 aromatic heterocycles. The van der Waals surface area contributed by atoms with Crippen molar-refractivity contribution in [2.24, 2.45) is 0 Å². The SMILES string of the molecule is CCC(C)N1CC2CCC(C1)N2c1ncc(C2CCNCC2)cn1. The van der Waals surface area contributed by atoms with Gasteiger partial charge in [0.05, 0.1) is 0 Å². The van der Waals surface area contributed by atoms with Crippen molar-refractivity contribution in [3.63, 3.8) is 0 Å². The molecule has 4 rings (SSSR count). The van der Waals surface area contributed by atoms with E-state index >= 15 is 0 Å². The number of nitrogens with one attached hydrogen (secondary N) is 1. The Balaban J connectivity index is 1.46. The number of piperazine rings is 1. The van der Waals surface area contributed by atoms with Gasteiger partial charge in [-0.25, -0.2) is 9.97 Å². The quantitative estimate of drug-likeness (QED) is 0.919. The highest BCUT2D eigenvalue weighted by molar-refractivity contribution is 5.38. The predicted molar refractivity (Wildman–Crippen MR) is 97.5 cm³/mol. The second-order valence-corrected chi connectivity index (χ2v) is 7.84. The molecular weight excluding hydrogens is 298 g/mol. The molecule has 5 nitrogen and oxygen atoms in total. The Labute approximate surface area is 145 Å². The molecule has 0 radical (unpaired) electrons. The molecule has 5 heteroatoms. The summed E-state index contributed by atoms with van der Waals surface area (Å²) in [6.07, 6.45) is 10.4. The average molecular weight is 329 g/mol. The van der Waals surface area contributed by atoms with Crippen LogP contribution < -0.4 is 10.2 Å². The van der Waals surface area contributed by atoms with Crippen molar-refractivity contribution in [2.75, 3.05) is 31.1 Å². The molecule has 1 aromatic rings. The number of aromatic nitrogens is 2. The third-order valence-electron chi connectivity index (χ3n) is 6.42. The summed E-state index contributed by atoms with van der Waals surface area (Å²) in [5, 5.41) is 3.43. The van der Waals surface area contributed by atoms with Crippen LogP contribution >= 0.6 is 0 Å². The van der Waals surface area contributed by atoms with E-state index in [1.54, 1.807) is 0 Å². The van der Waals surface area contributed by atoms with Crippen molar-refractivity contribution >= 4 is 5.95 Å². The Morgan fingerprint density at radius 2 is 1.71 bits per heavy atom. The molecule has 24 heavy (non-hydrogen) atoms. The fraction of sp³-hybridized carbons (Fsp3) is 0.789. The summed E-state index contributed by atoms with van der Waals surface area (Å²) < 4.78 is 0. The lowest BCUT2D eigenvalue weighted by Gasteiger charge is -2.43. The van der Waals surface area contributed by atoms with Gasteiger partial charge in [0.25, 0.3) is 0 Å². The molecule has 2 bridgehead atoms. The third kappa shape index (κ3) is 3.04. The van der Waals surface area contributed by atoms with E-state index in [1.807, 2.05) is 0 Å². The number of hydrogen-bond donors (Lipinski definition) is 1. The van der Waals surface area contributed by atoms with Crippen LogP contribution in [0.3, 0.4) is 0 Å². The second kappa shape index (κ2) is 6.96. The Kier molecular flexibility index (Phi) is 4.72. The number of rotatable bonds is 4. The largest absolute Gasteiger partial charge is 0.332 e. The minimum Gasteiger partial charge on any atom is -0.332 e. The number of fused-ring (bicyclic) bond motifs is 2. The van der Waals surface area contributed by atoms with E-state index in [4.69, 9.17) is 9.97 Å². The van der Waals surface area contributed by atoms with E-state index in [0.29, 0.717) is 24.0 Å². The summed E-state index contributed by atoms with van der Waals surface area (Å²) >= 11 is 0. The first-order valence-electron chi connectivity index (χ1n) is 9.81. The van der Waals surface area contributed by atoms with Gasteiger partial charge in [0.2, 0.25) is 5.95 Å². The van der Waals surface area contributed by atoms with E-state index in [0.717, 1.165) is 19.0 Å². The molecule has 0 amide bonds. The predicted octanol–water partition coefficient (Wildman–Crippen LogP) is 2.40. The van der Waals surface area contributed by atoms with Crippen LogP contribution in [0.25, 0.3) is 0 Å². The van der Waals surface area contributed by atoms with Crippen molar-refractivity contribution in [3.8, 4) is 0 Å². The van der Waals surface area contributed by atoms with Crippen LogP contribution in [0.1, 0.15) is 57.4 Å². The molecule has 3 aliphatic rings. The summed E-state index contributed by atoms with van der Waals surface area (Å²) in [4.78, 5) is 14.8. The fourth-order valence-electron chi connectivity index (χ4n) is 4.71. The Hall–Kier alpha value is -1.20. The van der Waals surface area contributed by atoms with Crippen LogP contribution in [0.15, 0.2) is 12.4 Å². The summed E-state index contributed by atoms with van der Waals surface area (Å²) in [7, 11) is 0. The molecule has 132 valence electrons. The van der Waals surface area contributed by atoms with Crippen molar-refractivity contribution in [1.29, 1.82) is 0 Å². The highest BCUT2D eigenvalue weighted by atomic mass is 15.4. The zero-order valence-electron chi connectivity index (χ0n) is 15.1. The highest BCUT2D eigenvalue weighted by Gasteiger charge is 2.42. The maximum atomic E-state index is 4.78. The standard InChI is InChI=1S/C19H31N5/c1-3-14(2)23-12-17-4-5-18(13-23)24(17)19-21-10-16(11-22-19)15-6-8-20-9-7-15/h10-11,14-15,17-18,20H,3-9,12-13H2,1-2H3. The maximum Gasteiger partial charge on any atom is 0.225 e. The van der Waals surface area contributed by atoms with Crippen LogP contribution in [-0.2, 0) is 0 Å². The summed E-state index contributed by atoms with van der Waals surface area (Å²) in [6, 6.07) is 1.89. The van der Waals surface area contributed by atoms with Crippen LogP contribution in [0.4, 0.5) is 5.95 Å². The molecule has 3 unspecified atom stereocenters. The number of likely N-dealkylation sites (tertiary alicyclic amines) is 1. The van der Waals surface area contributed by atoms with E-state index in [9.17, 15) is 0 Å². The van der Waals surface area contributed by atoms with E-state index in [2.05, 4.69) is 41.4 Å². The third-order valence-corrected chi connectivity index (χ3v) is 6.42. The second-order valence-electron chi connectivity index (χ2n) is 7.84. The minimum absolute atomic E-state index is 0.600. The first-order valence-corrected chi connectivity index (χ1v) is 9.81. The van der Waals surface area contributed by atoms with E-state index in [1.165, 1.54) is 50.8 Å². The van der Waals surface area contributed by atoms with Crippen LogP contribution in [0, 0.1) is 0 Å². The van der Waals surface area contributed by atoms with Gasteiger partial charge in [-0.3, -0.25) is 4.90 Å². The van der Waals surface area contributed by atoms with Gasteiger partial charge in [0.15, 0.2) is 0 Å². The fourth-order valence-corrected chi connectivity index (χ4v) is 4.71. The average Bonchev–Trinajstić information content (AvgIpc) is 2.91. The smallest absolute Gasteiger partial charge is 0.225 e. The molecule has 3 atom stereocenters.